The summed E-state index contributed by atoms with van der Waals surface area (Å²) < 4.78 is 34.7. The van der Waals surface area contributed by atoms with E-state index in [2.05, 4.69) is 26.3 Å². The number of ether oxygens (including phenoxy) is 1. The smallest absolute Gasteiger partial charge is 0.283 e. The molecule has 3 aromatic rings. The quantitative estimate of drug-likeness (QED) is 0.554. The summed E-state index contributed by atoms with van der Waals surface area (Å²) in [6, 6.07) is 13.3. The van der Waals surface area contributed by atoms with Gasteiger partial charge in [-0.3, -0.25) is 0 Å². The molecule has 3 heterocycles. The van der Waals surface area contributed by atoms with Crippen LogP contribution in [-0.2, 0) is 21.2 Å². The fraction of sp³-hybridized carbons (Fsp3) is 0.480. The predicted octanol–water partition coefficient (Wildman–Crippen LogP) is 2.86. The summed E-state index contributed by atoms with van der Waals surface area (Å²) in [6.45, 7) is 9.96. The van der Waals surface area contributed by atoms with Crippen molar-refractivity contribution >= 4 is 32.3 Å². The number of anilines is 2. The van der Waals surface area contributed by atoms with Gasteiger partial charge in [0.1, 0.15) is 0 Å². The van der Waals surface area contributed by atoms with Gasteiger partial charge in [0.25, 0.3) is 10.0 Å². The van der Waals surface area contributed by atoms with Crippen LogP contribution in [0.2, 0.25) is 0 Å². The number of aryl methyl sites for hydroxylation is 1. The fourth-order valence-corrected chi connectivity index (χ4v) is 6.31. The molecule has 182 valence electrons. The van der Waals surface area contributed by atoms with Crippen molar-refractivity contribution < 1.29 is 13.2 Å². The Labute approximate surface area is 201 Å². The van der Waals surface area contributed by atoms with Gasteiger partial charge in [0, 0.05) is 62.6 Å². The molecule has 5 rings (SSSR count). The normalized spacial score (nSPS) is 19.3. The number of hydrogen-bond donors (Lipinski definition) is 1. The number of nitrogens with one attached hydrogen (secondary N) is 1. The molecule has 0 bridgehead atoms. The maximum absolute atomic E-state index is 13.8. The van der Waals surface area contributed by atoms with E-state index in [1.165, 1.54) is 4.09 Å². The van der Waals surface area contributed by atoms with Crippen molar-refractivity contribution in [1.29, 1.82) is 0 Å². The van der Waals surface area contributed by atoms with Crippen LogP contribution in [0.25, 0.3) is 10.9 Å². The number of benzene rings is 2. The summed E-state index contributed by atoms with van der Waals surface area (Å²) in [5.74, 6) is 0. The van der Waals surface area contributed by atoms with Crippen LogP contribution in [-0.4, -0.2) is 69.6 Å². The molecule has 2 aliphatic heterocycles. The number of aromatic nitrogens is 2. The molecule has 0 radical (unpaired) electrons. The van der Waals surface area contributed by atoms with Gasteiger partial charge in [0.15, 0.2) is 0 Å². The summed E-state index contributed by atoms with van der Waals surface area (Å²) in [7, 11) is -3.86. The van der Waals surface area contributed by atoms with E-state index < -0.39 is 10.0 Å². The highest BCUT2D eigenvalue weighted by molar-refractivity contribution is 7.90. The highest BCUT2D eigenvalue weighted by Crippen LogP contribution is 2.30. The third-order valence-electron chi connectivity index (χ3n) is 6.78. The maximum atomic E-state index is 13.8. The van der Waals surface area contributed by atoms with E-state index in [0.29, 0.717) is 18.5 Å². The zero-order valence-electron chi connectivity index (χ0n) is 19.9. The Morgan fingerprint density at radius 2 is 1.82 bits per heavy atom. The molecule has 8 nitrogen and oxygen atoms in total. The van der Waals surface area contributed by atoms with Gasteiger partial charge in [-0.1, -0.05) is 13.0 Å². The Morgan fingerprint density at radius 3 is 2.59 bits per heavy atom. The largest absolute Gasteiger partial charge is 0.377 e. The Bertz CT molecular complexity index is 1270. The number of fused-ring (bicyclic) bond motifs is 1. The van der Waals surface area contributed by atoms with Gasteiger partial charge in [0.2, 0.25) is 0 Å². The molecule has 2 aliphatic rings. The highest BCUT2D eigenvalue weighted by Gasteiger charge is 2.27. The minimum absolute atomic E-state index is 0.191. The van der Waals surface area contributed by atoms with Crippen LogP contribution in [0.4, 0.5) is 11.4 Å². The van der Waals surface area contributed by atoms with Crippen molar-refractivity contribution in [3.05, 3.63) is 48.2 Å². The zero-order valence-corrected chi connectivity index (χ0v) is 20.7. The molecule has 0 aliphatic carbocycles. The van der Waals surface area contributed by atoms with Gasteiger partial charge in [-0.05, 0) is 56.2 Å². The molecule has 1 aromatic heterocycles. The number of nitrogens with zero attached hydrogens (tertiary/aromatic N) is 4. The van der Waals surface area contributed by atoms with Crippen molar-refractivity contribution in [2.75, 3.05) is 55.7 Å². The van der Waals surface area contributed by atoms with E-state index in [-0.39, 0.29) is 11.0 Å². The Balaban J connectivity index is 1.52. The maximum Gasteiger partial charge on any atom is 0.283 e. The molecule has 9 heteroatoms. The molecule has 1 unspecified atom stereocenters. The molecule has 2 aromatic carbocycles. The van der Waals surface area contributed by atoms with E-state index in [1.807, 2.05) is 38.1 Å². The SMILES string of the molecule is CCOC1CCN(c2cccc(S(=O)(=O)n3nc(CC)c4ccc(N5CCNCC5)cc43)c2)C1. The molecular formula is C25H33N5O3S. The van der Waals surface area contributed by atoms with E-state index in [4.69, 9.17) is 4.74 Å². The van der Waals surface area contributed by atoms with E-state index in [0.717, 1.165) is 68.1 Å². The zero-order chi connectivity index (χ0) is 23.7. The summed E-state index contributed by atoms with van der Waals surface area (Å²) in [5.41, 5.74) is 3.36. The summed E-state index contributed by atoms with van der Waals surface area (Å²) >= 11 is 0. The average molecular weight is 484 g/mol. The number of rotatable bonds is 7. The lowest BCUT2D eigenvalue weighted by Crippen LogP contribution is -2.43. The average Bonchev–Trinajstić information content (AvgIpc) is 3.49. The van der Waals surface area contributed by atoms with Crippen molar-refractivity contribution in [3.8, 4) is 0 Å². The van der Waals surface area contributed by atoms with Crippen LogP contribution in [0.3, 0.4) is 0 Å². The molecule has 2 saturated heterocycles. The topological polar surface area (TPSA) is 79.7 Å². The Kier molecular flexibility index (Phi) is 6.50. The third kappa shape index (κ3) is 4.28. The predicted molar refractivity (Wildman–Crippen MR) is 135 cm³/mol. The first-order valence-corrected chi connectivity index (χ1v) is 13.6. The van der Waals surface area contributed by atoms with Gasteiger partial charge in [-0.25, -0.2) is 0 Å². The third-order valence-corrected chi connectivity index (χ3v) is 8.37. The van der Waals surface area contributed by atoms with Crippen LogP contribution in [0, 0.1) is 0 Å². The standard InChI is InChI=1S/C25H33N5O3S/c1-3-24-23-9-8-20(28-14-11-26-12-15-28)17-25(23)30(27-24)34(31,32)22-7-5-6-19(16-22)29-13-10-21(18-29)33-4-2/h5-9,16-17,21,26H,3-4,10-15,18H2,1-2H3. The monoisotopic (exact) mass is 483 g/mol. The Hall–Kier alpha value is -2.62. The first-order valence-electron chi connectivity index (χ1n) is 12.2. The molecule has 1 atom stereocenters. The molecule has 0 saturated carbocycles. The minimum atomic E-state index is -3.86. The highest BCUT2D eigenvalue weighted by atomic mass is 32.2. The van der Waals surface area contributed by atoms with Crippen molar-refractivity contribution in [2.24, 2.45) is 0 Å². The van der Waals surface area contributed by atoms with Crippen molar-refractivity contribution in [2.45, 2.75) is 37.7 Å². The van der Waals surface area contributed by atoms with Crippen LogP contribution < -0.4 is 15.1 Å². The molecular weight excluding hydrogens is 450 g/mol. The number of hydrogen-bond acceptors (Lipinski definition) is 7. The lowest BCUT2D eigenvalue weighted by atomic mass is 10.1. The van der Waals surface area contributed by atoms with Gasteiger partial charge in [-0.15, -0.1) is 0 Å². The van der Waals surface area contributed by atoms with Crippen LogP contribution in [0.1, 0.15) is 26.0 Å². The lowest BCUT2D eigenvalue weighted by Gasteiger charge is -2.29. The second-order valence-electron chi connectivity index (χ2n) is 8.90. The number of piperazine rings is 1. The lowest BCUT2D eigenvalue weighted by molar-refractivity contribution is 0.0787. The second kappa shape index (κ2) is 9.56. The summed E-state index contributed by atoms with van der Waals surface area (Å²) in [6.07, 6.45) is 1.80. The molecule has 0 spiro atoms. The van der Waals surface area contributed by atoms with Crippen LogP contribution in [0.15, 0.2) is 47.4 Å². The van der Waals surface area contributed by atoms with Crippen LogP contribution in [0.5, 0.6) is 0 Å². The molecule has 34 heavy (non-hydrogen) atoms. The van der Waals surface area contributed by atoms with Gasteiger partial charge < -0.3 is 19.9 Å². The van der Waals surface area contributed by atoms with Gasteiger partial charge in [0.05, 0.1) is 22.2 Å². The second-order valence-corrected chi connectivity index (χ2v) is 10.7. The van der Waals surface area contributed by atoms with Crippen molar-refractivity contribution in [3.63, 3.8) is 0 Å². The first kappa shape index (κ1) is 23.1. The van der Waals surface area contributed by atoms with Crippen LogP contribution >= 0.6 is 0 Å². The van der Waals surface area contributed by atoms with E-state index >= 15 is 0 Å². The molecule has 1 N–H and O–H groups in total. The fourth-order valence-electron chi connectivity index (χ4n) is 4.98. The van der Waals surface area contributed by atoms with Crippen molar-refractivity contribution in [1.82, 2.24) is 14.5 Å². The Morgan fingerprint density at radius 1 is 1.03 bits per heavy atom. The summed E-state index contributed by atoms with van der Waals surface area (Å²) in [4.78, 5) is 4.74. The van der Waals surface area contributed by atoms with Gasteiger partial charge >= 0.3 is 0 Å². The van der Waals surface area contributed by atoms with E-state index in [1.54, 1.807) is 12.1 Å². The molecule has 2 fully saturated rings. The van der Waals surface area contributed by atoms with Gasteiger partial charge in [-0.2, -0.15) is 17.6 Å². The molecule has 0 amide bonds. The first-order chi connectivity index (χ1) is 16.5. The van der Waals surface area contributed by atoms with E-state index in [9.17, 15) is 8.42 Å². The summed E-state index contributed by atoms with van der Waals surface area (Å²) in [5, 5.41) is 8.82. The minimum Gasteiger partial charge on any atom is -0.377 e.